The third-order valence-corrected chi connectivity index (χ3v) is 1.98. The Kier molecular flexibility index (Phi) is 5.41. The van der Waals surface area contributed by atoms with Crippen molar-refractivity contribution in [3.63, 3.8) is 0 Å². The van der Waals surface area contributed by atoms with Crippen molar-refractivity contribution in [2.75, 3.05) is 6.61 Å². The summed E-state index contributed by atoms with van der Waals surface area (Å²) < 4.78 is 5.41. The highest BCUT2D eigenvalue weighted by Gasteiger charge is 1.91. The molecule has 1 aromatic rings. The summed E-state index contributed by atoms with van der Waals surface area (Å²) >= 11 is 0. The van der Waals surface area contributed by atoms with Gasteiger partial charge in [0.05, 0.1) is 13.2 Å². The van der Waals surface area contributed by atoms with Gasteiger partial charge in [-0.3, -0.25) is 0 Å². The lowest BCUT2D eigenvalue weighted by Crippen LogP contribution is -1.94. The van der Waals surface area contributed by atoms with E-state index in [0.29, 0.717) is 13.2 Å². The van der Waals surface area contributed by atoms with Crippen molar-refractivity contribution < 1.29 is 9.53 Å². The second-order valence-electron chi connectivity index (χ2n) is 3.42. The zero-order valence-corrected chi connectivity index (χ0v) is 8.93. The van der Waals surface area contributed by atoms with Gasteiger partial charge < -0.3 is 9.53 Å². The SMILES string of the molecule is CC(C=O)C=CCOCc1ccccc1. The average Bonchev–Trinajstić information content (AvgIpc) is 2.29. The van der Waals surface area contributed by atoms with E-state index in [9.17, 15) is 4.79 Å². The molecular formula is C13H16O2. The summed E-state index contributed by atoms with van der Waals surface area (Å²) in [5, 5.41) is 0. The predicted molar refractivity (Wildman–Crippen MR) is 60.5 cm³/mol. The molecule has 1 aromatic carbocycles. The van der Waals surface area contributed by atoms with E-state index in [-0.39, 0.29) is 5.92 Å². The number of benzene rings is 1. The Labute approximate surface area is 90.6 Å². The van der Waals surface area contributed by atoms with Gasteiger partial charge in [-0.2, -0.15) is 0 Å². The van der Waals surface area contributed by atoms with E-state index in [2.05, 4.69) is 0 Å². The fraction of sp³-hybridized carbons (Fsp3) is 0.308. The van der Waals surface area contributed by atoms with E-state index in [0.717, 1.165) is 11.8 Å². The van der Waals surface area contributed by atoms with Gasteiger partial charge in [-0.25, -0.2) is 0 Å². The Balaban J connectivity index is 2.17. The minimum atomic E-state index is -0.0228. The fourth-order valence-corrected chi connectivity index (χ4v) is 1.13. The van der Waals surface area contributed by atoms with Crippen molar-refractivity contribution >= 4 is 6.29 Å². The normalized spacial score (nSPS) is 12.9. The Bertz CT molecular complexity index is 304. The molecule has 0 aliphatic carbocycles. The first kappa shape index (κ1) is 11.7. The number of carbonyl (C=O) groups excluding carboxylic acids is 1. The van der Waals surface area contributed by atoms with Crippen molar-refractivity contribution in [1.82, 2.24) is 0 Å². The first-order chi connectivity index (χ1) is 7.33. The largest absolute Gasteiger partial charge is 0.373 e. The van der Waals surface area contributed by atoms with E-state index in [1.165, 1.54) is 0 Å². The van der Waals surface area contributed by atoms with Gasteiger partial charge in [-0.05, 0) is 5.56 Å². The van der Waals surface area contributed by atoms with Crippen LogP contribution >= 0.6 is 0 Å². The number of hydrogen-bond donors (Lipinski definition) is 0. The molecule has 15 heavy (non-hydrogen) atoms. The van der Waals surface area contributed by atoms with Gasteiger partial charge in [-0.1, -0.05) is 49.4 Å². The Morgan fingerprint density at radius 3 is 2.73 bits per heavy atom. The number of hydrogen-bond acceptors (Lipinski definition) is 2. The second kappa shape index (κ2) is 6.96. The molecule has 0 saturated heterocycles. The van der Waals surface area contributed by atoms with Crippen LogP contribution in [0.5, 0.6) is 0 Å². The predicted octanol–water partition coefficient (Wildman–Crippen LogP) is 2.59. The van der Waals surface area contributed by atoms with E-state index in [1.807, 2.05) is 49.4 Å². The number of carbonyl (C=O) groups is 1. The van der Waals surface area contributed by atoms with Crippen LogP contribution in [0.4, 0.5) is 0 Å². The zero-order valence-electron chi connectivity index (χ0n) is 8.93. The van der Waals surface area contributed by atoms with Crippen LogP contribution in [0, 0.1) is 5.92 Å². The summed E-state index contributed by atoms with van der Waals surface area (Å²) in [4.78, 5) is 10.3. The summed E-state index contributed by atoms with van der Waals surface area (Å²) in [6.45, 7) is 3.01. The minimum absolute atomic E-state index is 0.0228. The topological polar surface area (TPSA) is 26.3 Å². The molecule has 0 saturated carbocycles. The van der Waals surface area contributed by atoms with Gasteiger partial charge >= 0.3 is 0 Å². The van der Waals surface area contributed by atoms with Gasteiger partial charge in [0, 0.05) is 5.92 Å². The van der Waals surface area contributed by atoms with Crippen LogP contribution in [0.15, 0.2) is 42.5 Å². The van der Waals surface area contributed by atoms with E-state index >= 15 is 0 Å². The zero-order chi connectivity index (χ0) is 10.9. The number of allylic oxidation sites excluding steroid dienone is 1. The Hall–Kier alpha value is -1.41. The van der Waals surface area contributed by atoms with Crippen LogP contribution in [0.1, 0.15) is 12.5 Å². The Morgan fingerprint density at radius 2 is 2.07 bits per heavy atom. The van der Waals surface area contributed by atoms with Gasteiger partial charge in [-0.15, -0.1) is 0 Å². The van der Waals surface area contributed by atoms with Gasteiger partial charge in [0.15, 0.2) is 0 Å². The van der Waals surface area contributed by atoms with E-state index in [4.69, 9.17) is 4.74 Å². The van der Waals surface area contributed by atoms with Crippen molar-refractivity contribution in [2.45, 2.75) is 13.5 Å². The van der Waals surface area contributed by atoms with Gasteiger partial charge in [0.25, 0.3) is 0 Å². The lowest BCUT2D eigenvalue weighted by Gasteiger charge is -2.00. The monoisotopic (exact) mass is 204 g/mol. The first-order valence-electron chi connectivity index (χ1n) is 5.06. The number of aldehydes is 1. The molecule has 2 heteroatoms. The second-order valence-corrected chi connectivity index (χ2v) is 3.42. The summed E-state index contributed by atoms with van der Waals surface area (Å²) in [5.74, 6) is -0.0228. The highest BCUT2D eigenvalue weighted by molar-refractivity contribution is 5.55. The third kappa shape index (κ3) is 5.13. The molecule has 80 valence electrons. The molecule has 0 spiro atoms. The summed E-state index contributed by atoms with van der Waals surface area (Å²) in [6, 6.07) is 10.0. The van der Waals surface area contributed by atoms with Crippen molar-refractivity contribution in [3.05, 3.63) is 48.0 Å². The van der Waals surface area contributed by atoms with Crippen molar-refractivity contribution in [3.8, 4) is 0 Å². The smallest absolute Gasteiger partial charge is 0.126 e. The average molecular weight is 204 g/mol. The maximum atomic E-state index is 10.3. The molecule has 0 aliphatic rings. The maximum Gasteiger partial charge on any atom is 0.126 e. The standard InChI is InChI=1S/C13H16O2/c1-12(10-14)6-5-9-15-11-13-7-3-2-4-8-13/h2-8,10,12H,9,11H2,1H3. The molecule has 1 unspecified atom stereocenters. The van der Waals surface area contributed by atoms with Crippen molar-refractivity contribution in [1.29, 1.82) is 0 Å². The highest BCUT2D eigenvalue weighted by atomic mass is 16.5. The first-order valence-corrected chi connectivity index (χ1v) is 5.06. The lowest BCUT2D eigenvalue weighted by molar-refractivity contribution is -0.109. The molecule has 1 atom stereocenters. The quantitative estimate of drug-likeness (QED) is 0.404. The molecule has 0 aliphatic heterocycles. The van der Waals surface area contributed by atoms with Gasteiger partial charge in [0.2, 0.25) is 0 Å². The molecule has 0 bridgehead atoms. The lowest BCUT2D eigenvalue weighted by atomic mass is 10.2. The van der Waals surface area contributed by atoms with Crippen LogP contribution in [0.25, 0.3) is 0 Å². The molecule has 2 nitrogen and oxygen atoms in total. The summed E-state index contributed by atoms with van der Waals surface area (Å²) in [7, 11) is 0. The van der Waals surface area contributed by atoms with Crippen molar-refractivity contribution in [2.24, 2.45) is 5.92 Å². The fourth-order valence-electron chi connectivity index (χ4n) is 1.13. The van der Waals surface area contributed by atoms with Crippen LogP contribution in [-0.4, -0.2) is 12.9 Å². The molecule has 1 rings (SSSR count). The van der Waals surface area contributed by atoms with Crippen LogP contribution in [-0.2, 0) is 16.1 Å². The van der Waals surface area contributed by atoms with E-state index < -0.39 is 0 Å². The number of rotatable bonds is 6. The van der Waals surface area contributed by atoms with E-state index in [1.54, 1.807) is 0 Å². The minimum Gasteiger partial charge on any atom is -0.373 e. The molecule has 0 amide bonds. The molecule has 0 aromatic heterocycles. The third-order valence-electron chi connectivity index (χ3n) is 1.98. The van der Waals surface area contributed by atoms with Crippen LogP contribution in [0.3, 0.4) is 0 Å². The summed E-state index contributed by atoms with van der Waals surface area (Å²) in [5.41, 5.74) is 1.16. The maximum absolute atomic E-state index is 10.3. The Morgan fingerprint density at radius 1 is 1.33 bits per heavy atom. The molecule has 0 radical (unpaired) electrons. The molecule has 0 heterocycles. The highest BCUT2D eigenvalue weighted by Crippen LogP contribution is 2.00. The van der Waals surface area contributed by atoms with Crippen LogP contribution < -0.4 is 0 Å². The number of ether oxygens (including phenoxy) is 1. The molecule has 0 N–H and O–H groups in total. The summed E-state index contributed by atoms with van der Waals surface area (Å²) in [6.07, 6.45) is 4.63. The molecule has 0 fully saturated rings. The van der Waals surface area contributed by atoms with Gasteiger partial charge in [0.1, 0.15) is 6.29 Å². The molecular weight excluding hydrogens is 188 g/mol. The van der Waals surface area contributed by atoms with Crippen LogP contribution in [0.2, 0.25) is 0 Å².